The first-order valence-electron chi connectivity index (χ1n) is 7.24. The number of rotatable bonds is 6. The van der Waals surface area contributed by atoms with E-state index in [0.29, 0.717) is 12.0 Å². The van der Waals surface area contributed by atoms with Crippen molar-refractivity contribution in [1.29, 1.82) is 0 Å². The van der Waals surface area contributed by atoms with Crippen LogP contribution in [-0.2, 0) is 6.42 Å². The molecule has 1 N–H and O–H groups in total. The van der Waals surface area contributed by atoms with Gasteiger partial charge in [-0.25, -0.2) is 0 Å². The normalized spacial score (nSPS) is 17.1. The van der Waals surface area contributed by atoms with Crippen LogP contribution in [0.3, 0.4) is 0 Å². The van der Waals surface area contributed by atoms with Crippen molar-refractivity contribution < 1.29 is 4.74 Å². The Bertz CT molecular complexity index is 417. The summed E-state index contributed by atoms with van der Waals surface area (Å²) in [6, 6.07) is 7.17. The second-order valence-corrected chi connectivity index (χ2v) is 5.60. The van der Waals surface area contributed by atoms with Crippen molar-refractivity contribution in [3.63, 3.8) is 0 Å². The largest absolute Gasteiger partial charge is 0.493 e. The minimum Gasteiger partial charge on any atom is -0.493 e. The Morgan fingerprint density at radius 1 is 1.37 bits per heavy atom. The number of fused-ring (bicyclic) bond motifs is 1. The van der Waals surface area contributed by atoms with Gasteiger partial charge in [0.2, 0.25) is 0 Å². The Morgan fingerprint density at radius 2 is 2.16 bits per heavy atom. The Hall–Kier alpha value is -1.06. The number of benzene rings is 1. The molecule has 3 heteroatoms. The molecule has 2 atom stereocenters. The van der Waals surface area contributed by atoms with Crippen LogP contribution in [0.15, 0.2) is 18.2 Å². The van der Waals surface area contributed by atoms with E-state index in [-0.39, 0.29) is 0 Å². The lowest BCUT2D eigenvalue weighted by Crippen LogP contribution is -2.33. The first kappa shape index (κ1) is 14.4. The first-order valence-corrected chi connectivity index (χ1v) is 7.24. The lowest BCUT2D eigenvalue weighted by atomic mass is 9.89. The van der Waals surface area contributed by atoms with E-state index in [1.807, 2.05) is 7.05 Å². The number of hydrogen-bond donors (Lipinski definition) is 1. The van der Waals surface area contributed by atoms with Gasteiger partial charge in [0, 0.05) is 12.5 Å². The van der Waals surface area contributed by atoms with Crippen LogP contribution in [0, 0.1) is 5.92 Å². The molecule has 0 spiro atoms. The first-order chi connectivity index (χ1) is 9.17. The van der Waals surface area contributed by atoms with E-state index in [9.17, 15) is 0 Å². The number of nitrogens with zero attached hydrogens (tertiary/aromatic N) is 1. The molecule has 3 nitrogen and oxygen atoms in total. The van der Waals surface area contributed by atoms with Gasteiger partial charge in [-0.3, -0.25) is 0 Å². The molecule has 0 aromatic heterocycles. The molecule has 0 bridgehead atoms. The van der Waals surface area contributed by atoms with Gasteiger partial charge in [-0.1, -0.05) is 25.5 Å². The maximum absolute atomic E-state index is 5.60. The summed E-state index contributed by atoms with van der Waals surface area (Å²) in [6.07, 6.45) is 2.23. The third kappa shape index (κ3) is 3.10. The second kappa shape index (κ2) is 6.40. The molecule has 1 aromatic rings. The smallest absolute Gasteiger partial charge is 0.122 e. The minimum atomic E-state index is 0.461. The van der Waals surface area contributed by atoms with Crippen molar-refractivity contribution in [2.45, 2.75) is 25.8 Å². The zero-order valence-electron chi connectivity index (χ0n) is 12.6. The highest BCUT2D eigenvalue weighted by atomic mass is 16.5. The van der Waals surface area contributed by atoms with Gasteiger partial charge in [0.15, 0.2) is 0 Å². The SMILES string of the molecule is CCC(CNC)C(c1ccc2c(c1)CCO2)N(C)C. The van der Waals surface area contributed by atoms with Gasteiger partial charge >= 0.3 is 0 Å². The highest BCUT2D eigenvalue weighted by Gasteiger charge is 2.25. The molecule has 2 rings (SSSR count). The minimum absolute atomic E-state index is 0.461. The van der Waals surface area contributed by atoms with Crippen LogP contribution in [0.2, 0.25) is 0 Å². The molecule has 1 aliphatic rings. The molecule has 1 heterocycles. The molecule has 0 fully saturated rings. The van der Waals surface area contributed by atoms with Crippen molar-refractivity contribution in [1.82, 2.24) is 10.2 Å². The Morgan fingerprint density at radius 3 is 2.79 bits per heavy atom. The fraction of sp³-hybridized carbons (Fsp3) is 0.625. The molecule has 0 saturated carbocycles. The van der Waals surface area contributed by atoms with Crippen LogP contribution in [0.25, 0.3) is 0 Å². The molecule has 0 saturated heterocycles. The Labute approximate surface area is 116 Å². The van der Waals surface area contributed by atoms with Crippen LogP contribution in [0.1, 0.15) is 30.5 Å². The van der Waals surface area contributed by atoms with Gasteiger partial charge in [-0.05, 0) is 50.8 Å². The van der Waals surface area contributed by atoms with Crippen LogP contribution in [0.4, 0.5) is 0 Å². The van der Waals surface area contributed by atoms with Crippen molar-refractivity contribution in [2.24, 2.45) is 5.92 Å². The average molecular weight is 262 g/mol. The molecule has 2 unspecified atom stereocenters. The molecule has 1 aromatic carbocycles. The summed E-state index contributed by atoms with van der Waals surface area (Å²) in [6.45, 7) is 4.15. The van der Waals surface area contributed by atoms with Crippen LogP contribution < -0.4 is 10.1 Å². The Balaban J connectivity index is 2.28. The highest BCUT2D eigenvalue weighted by molar-refractivity contribution is 5.41. The van der Waals surface area contributed by atoms with Crippen molar-refractivity contribution in [3.8, 4) is 5.75 Å². The van der Waals surface area contributed by atoms with Gasteiger partial charge in [-0.15, -0.1) is 0 Å². The lowest BCUT2D eigenvalue weighted by Gasteiger charge is -2.32. The van der Waals surface area contributed by atoms with E-state index >= 15 is 0 Å². The Kier molecular flexibility index (Phi) is 4.83. The molecule has 106 valence electrons. The van der Waals surface area contributed by atoms with Gasteiger partial charge in [-0.2, -0.15) is 0 Å². The topological polar surface area (TPSA) is 24.5 Å². The van der Waals surface area contributed by atoms with Crippen molar-refractivity contribution in [3.05, 3.63) is 29.3 Å². The lowest BCUT2D eigenvalue weighted by molar-refractivity contribution is 0.204. The molecule has 1 aliphatic heterocycles. The van der Waals surface area contributed by atoms with Crippen molar-refractivity contribution in [2.75, 3.05) is 34.3 Å². The van der Waals surface area contributed by atoms with Crippen LogP contribution >= 0.6 is 0 Å². The average Bonchev–Trinajstić information content (AvgIpc) is 2.85. The molecule has 0 aliphatic carbocycles. The third-order valence-electron chi connectivity index (χ3n) is 4.05. The van der Waals surface area contributed by atoms with Crippen LogP contribution in [-0.4, -0.2) is 39.2 Å². The predicted molar refractivity (Wildman–Crippen MR) is 79.8 cm³/mol. The molecule has 19 heavy (non-hydrogen) atoms. The second-order valence-electron chi connectivity index (χ2n) is 5.60. The van der Waals surface area contributed by atoms with Gasteiger partial charge in [0.05, 0.1) is 6.61 Å². The summed E-state index contributed by atoms with van der Waals surface area (Å²) in [7, 11) is 6.38. The summed E-state index contributed by atoms with van der Waals surface area (Å²) in [5, 5.41) is 3.32. The summed E-state index contributed by atoms with van der Waals surface area (Å²) >= 11 is 0. The quantitative estimate of drug-likeness (QED) is 0.852. The third-order valence-corrected chi connectivity index (χ3v) is 4.05. The van der Waals surface area contributed by atoms with Gasteiger partial charge in [0.25, 0.3) is 0 Å². The zero-order valence-corrected chi connectivity index (χ0v) is 12.6. The van der Waals surface area contributed by atoms with Gasteiger partial charge < -0.3 is 15.0 Å². The van der Waals surface area contributed by atoms with Crippen molar-refractivity contribution >= 4 is 0 Å². The highest BCUT2D eigenvalue weighted by Crippen LogP contribution is 2.33. The van der Waals surface area contributed by atoms with E-state index in [1.54, 1.807) is 0 Å². The fourth-order valence-electron chi connectivity index (χ4n) is 3.12. The maximum atomic E-state index is 5.60. The van der Waals surface area contributed by atoms with Crippen LogP contribution in [0.5, 0.6) is 5.75 Å². The number of hydrogen-bond acceptors (Lipinski definition) is 3. The summed E-state index contributed by atoms with van der Waals surface area (Å²) in [5.41, 5.74) is 2.78. The molecule has 0 radical (unpaired) electrons. The molecule has 0 amide bonds. The van der Waals surface area contributed by atoms with E-state index in [0.717, 1.165) is 25.3 Å². The summed E-state index contributed by atoms with van der Waals surface area (Å²) in [5.74, 6) is 1.70. The zero-order chi connectivity index (χ0) is 13.8. The maximum Gasteiger partial charge on any atom is 0.122 e. The van der Waals surface area contributed by atoms with E-state index in [1.165, 1.54) is 17.5 Å². The summed E-state index contributed by atoms with van der Waals surface area (Å²) in [4.78, 5) is 2.34. The standard InChI is InChI=1S/C16H26N2O/c1-5-12(11-17-2)16(18(3)4)14-6-7-15-13(10-14)8-9-19-15/h6-7,10,12,16-17H,5,8-9,11H2,1-4H3. The molecular formula is C16H26N2O. The summed E-state index contributed by atoms with van der Waals surface area (Å²) < 4.78 is 5.60. The van der Waals surface area contributed by atoms with E-state index in [2.05, 4.69) is 49.4 Å². The van der Waals surface area contributed by atoms with E-state index < -0.39 is 0 Å². The predicted octanol–water partition coefficient (Wildman–Crippen LogP) is 2.47. The molecular weight excluding hydrogens is 236 g/mol. The van der Waals surface area contributed by atoms with E-state index in [4.69, 9.17) is 4.74 Å². The van der Waals surface area contributed by atoms with Gasteiger partial charge in [0.1, 0.15) is 5.75 Å². The fourth-order valence-corrected chi connectivity index (χ4v) is 3.12. The number of nitrogens with one attached hydrogen (secondary N) is 1. The monoisotopic (exact) mass is 262 g/mol. The number of ether oxygens (including phenoxy) is 1.